The third kappa shape index (κ3) is 3.07. The second kappa shape index (κ2) is 7.04. The van der Waals surface area contributed by atoms with Gasteiger partial charge in [0.2, 0.25) is 0 Å². The molecule has 2 N–H and O–H groups in total. The Balaban J connectivity index is 1.55. The van der Waals surface area contributed by atoms with E-state index in [1.807, 2.05) is 0 Å². The average molecular weight is 377 g/mol. The van der Waals surface area contributed by atoms with Crippen molar-refractivity contribution in [2.75, 3.05) is 0 Å². The highest BCUT2D eigenvalue weighted by molar-refractivity contribution is 5.66. The minimum absolute atomic E-state index is 0.0950. The fourth-order valence-corrected chi connectivity index (χ4v) is 8.88. The van der Waals surface area contributed by atoms with Crippen LogP contribution in [0.1, 0.15) is 91.4 Å². The van der Waals surface area contributed by atoms with Gasteiger partial charge in [0.1, 0.15) is 0 Å². The molecule has 0 saturated heterocycles. The zero-order valence-corrected chi connectivity index (χ0v) is 17.6. The van der Waals surface area contributed by atoms with Crippen molar-refractivity contribution in [3.63, 3.8) is 0 Å². The van der Waals surface area contributed by atoms with Crippen molar-refractivity contribution in [1.82, 2.24) is 0 Å². The minimum Gasteiger partial charge on any atom is -0.481 e. The molecule has 0 spiro atoms. The Hall–Kier alpha value is -0.570. The monoisotopic (exact) mass is 376 g/mol. The number of carboxylic acids is 1. The van der Waals surface area contributed by atoms with E-state index in [9.17, 15) is 9.90 Å². The van der Waals surface area contributed by atoms with Crippen LogP contribution >= 0.6 is 0 Å². The average Bonchev–Trinajstić information content (AvgIpc) is 2.97. The maximum absolute atomic E-state index is 11.1. The van der Waals surface area contributed by atoms with Crippen molar-refractivity contribution in [2.24, 2.45) is 46.3 Å². The molecular formula is C24H40O3. The molecule has 0 radical (unpaired) electrons. The van der Waals surface area contributed by atoms with E-state index in [0.717, 1.165) is 24.7 Å². The Kier molecular flexibility index (Phi) is 5.15. The zero-order valence-electron chi connectivity index (χ0n) is 17.6. The Bertz CT molecular complexity index is 574. The molecule has 3 heteroatoms. The van der Waals surface area contributed by atoms with Crippen molar-refractivity contribution >= 4 is 5.97 Å². The van der Waals surface area contributed by atoms with Gasteiger partial charge in [0, 0.05) is 6.42 Å². The molecule has 154 valence electrons. The SMILES string of the molecule is C[C@H](CCC(=O)O)[C@H]1CC[C@H]2[C@@H]3CC(O)[C@@H]4CCCC[C@]4(C)[C@H]3CC[C@]12C. The Morgan fingerprint density at radius 3 is 2.48 bits per heavy atom. The molecule has 0 amide bonds. The highest BCUT2D eigenvalue weighted by Gasteiger charge is 2.61. The smallest absolute Gasteiger partial charge is 0.303 e. The first-order chi connectivity index (χ1) is 12.8. The number of hydrogen-bond acceptors (Lipinski definition) is 2. The standard InChI is InChI=1S/C24H40O3/c1-15(7-10-22(26)27)17-8-9-18-16-14-21(25)20-6-4-5-12-23(20,2)19(16)11-13-24(17,18)3/h15-21,25H,4-14H2,1-3H3,(H,26,27)/t15-,16+,17-,18+,19+,20+,21?,23-,24-/m1/s1. The molecule has 9 atom stereocenters. The fourth-order valence-electron chi connectivity index (χ4n) is 8.88. The van der Waals surface area contributed by atoms with Crippen molar-refractivity contribution in [3.8, 4) is 0 Å². The summed E-state index contributed by atoms with van der Waals surface area (Å²) in [5.74, 6) is 3.27. The molecule has 0 aliphatic heterocycles. The maximum Gasteiger partial charge on any atom is 0.303 e. The first-order valence-electron chi connectivity index (χ1n) is 11.7. The molecule has 0 aromatic carbocycles. The minimum atomic E-state index is -0.656. The zero-order chi connectivity index (χ0) is 19.4. The van der Waals surface area contributed by atoms with Gasteiger partial charge in [0.15, 0.2) is 0 Å². The van der Waals surface area contributed by atoms with Crippen molar-refractivity contribution in [3.05, 3.63) is 0 Å². The molecule has 1 unspecified atom stereocenters. The Morgan fingerprint density at radius 2 is 1.74 bits per heavy atom. The van der Waals surface area contributed by atoms with Gasteiger partial charge >= 0.3 is 5.97 Å². The maximum atomic E-state index is 11.1. The van der Waals surface area contributed by atoms with Gasteiger partial charge in [-0.15, -0.1) is 0 Å². The highest BCUT2D eigenvalue weighted by Crippen LogP contribution is 2.68. The summed E-state index contributed by atoms with van der Waals surface area (Å²) in [7, 11) is 0. The number of carbonyl (C=O) groups is 1. The number of aliphatic carboxylic acids is 1. The van der Waals surface area contributed by atoms with Gasteiger partial charge in [-0.1, -0.05) is 33.6 Å². The molecule has 0 bridgehead atoms. The molecule has 4 fully saturated rings. The summed E-state index contributed by atoms with van der Waals surface area (Å²) in [5, 5.41) is 20.2. The molecular weight excluding hydrogens is 336 g/mol. The topological polar surface area (TPSA) is 57.5 Å². The van der Waals surface area contributed by atoms with E-state index in [-0.39, 0.29) is 6.10 Å². The van der Waals surface area contributed by atoms with E-state index in [1.54, 1.807) is 0 Å². The van der Waals surface area contributed by atoms with E-state index in [0.29, 0.717) is 40.9 Å². The van der Waals surface area contributed by atoms with E-state index in [4.69, 9.17) is 5.11 Å². The molecule has 0 aromatic rings. The summed E-state index contributed by atoms with van der Waals surface area (Å²) in [6.45, 7) is 7.33. The van der Waals surface area contributed by atoms with E-state index in [2.05, 4.69) is 20.8 Å². The number of aliphatic hydroxyl groups is 1. The van der Waals surface area contributed by atoms with Crippen LogP contribution in [0.4, 0.5) is 0 Å². The quantitative estimate of drug-likeness (QED) is 0.680. The van der Waals surface area contributed by atoms with Gasteiger partial charge in [-0.25, -0.2) is 0 Å². The lowest BCUT2D eigenvalue weighted by Crippen LogP contribution is -2.57. The summed E-state index contributed by atoms with van der Waals surface area (Å²) < 4.78 is 0. The number of aliphatic hydroxyl groups excluding tert-OH is 1. The molecule has 4 saturated carbocycles. The largest absolute Gasteiger partial charge is 0.481 e. The van der Waals surface area contributed by atoms with Crippen molar-refractivity contribution in [1.29, 1.82) is 0 Å². The van der Waals surface area contributed by atoms with Crippen LogP contribution in [0.2, 0.25) is 0 Å². The Labute approximate surface area is 165 Å². The van der Waals surface area contributed by atoms with Crippen LogP contribution in [0.15, 0.2) is 0 Å². The van der Waals surface area contributed by atoms with Crippen LogP contribution in [0, 0.1) is 46.3 Å². The number of hydrogen-bond donors (Lipinski definition) is 2. The summed E-state index contributed by atoms with van der Waals surface area (Å²) in [5.41, 5.74) is 0.714. The molecule has 4 aliphatic rings. The van der Waals surface area contributed by atoms with Crippen LogP contribution in [0.25, 0.3) is 0 Å². The van der Waals surface area contributed by atoms with E-state index < -0.39 is 5.97 Å². The predicted octanol–water partition coefficient (Wildman–Crippen LogP) is 5.51. The second-order valence-corrected chi connectivity index (χ2v) is 11.2. The first-order valence-corrected chi connectivity index (χ1v) is 11.7. The first kappa shape index (κ1) is 19.7. The predicted molar refractivity (Wildman–Crippen MR) is 107 cm³/mol. The van der Waals surface area contributed by atoms with E-state index >= 15 is 0 Å². The van der Waals surface area contributed by atoms with Crippen molar-refractivity contribution < 1.29 is 15.0 Å². The summed E-state index contributed by atoms with van der Waals surface area (Å²) >= 11 is 0. The molecule has 4 rings (SSSR count). The van der Waals surface area contributed by atoms with E-state index in [1.165, 1.54) is 51.4 Å². The van der Waals surface area contributed by atoms with Crippen LogP contribution in [0.5, 0.6) is 0 Å². The number of fused-ring (bicyclic) bond motifs is 5. The van der Waals surface area contributed by atoms with Crippen molar-refractivity contribution in [2.45, 2.75) is 97.5 Å². The third-order valence-corrected chi connectivity index (χ3v) is 10.2. The van der Waals surface area contributed by atoms with Gasteiger partial charge in [-0.2, -0.15) is 0 Å². The molecule has 27 heavy (non-hydrogen) atoms. The lowest BCUT2D eigenvalue weighted by molar-refractivity contribution is -0.159. The van der Waals surface area contributed by atoms with Crippen LogP contribution in [-0.4, -0.2) is 22.3 Å². The van der Waals surface area contributed by atoms with Gasteiger partial charge in [0.05, 0.1) is 6.10 Å². The highest BCUT2D eigenvalue weighted by atomic mass is 16.4. The molecule has 4 aliphatic carbocycles. The lowest BCUT2D eigenvalue weighted by atomic mass is 9.44. The third-order valence-electron chi connectivity index (χ3n) is 10.2. The number of rotatable bonds is 4. The molecule has 0 heterocycles. The normalized spacial score (nSPS) is 50.4. The number of carboxylic acid groups (broad SMARTS) is 1. The van der Waals surface area contributed by atoms with Crippen LogP contribution in [0.3, 0.4) is 0 Å². The molecule has 0 aromatic heterocycles. The summed E-state index contributed by atoms with van der Waals surface area (Å²) in [6, 6.07) is 0. The second-order valence-electron chi connectivity index (χ2n) is 11.2. The van der Waals surface area contributed by atoms with Gasteiger partial charge in [0.25, 0.3) is 0 Å². The van der Waals surface area contributed by atoms with Gasteiger partial charge in [-0.05, 0) is 97.7 Å². The van der Waals surface area contributed by atoms with Crippen LogP contribution in [-0.2, 0) is 4.79 Å². The van der Waals surface area contributed by atoms with Crippen LogP contribution < -0.4 is 0 Å². The Morgan fingerprint density at radius 1 is 1.00 bits per heavy atom. The summed E-state index contributed by atoms with van der Waals surface area (Å²) in [6.07, 6.45) is 12.5. The van der Waals surface area contributed by atoms with Gasteiger partial charge < -0.3 is 10.2 Å². The van der Waals surface area contributed by atoms with Gasteiger partial charge in [-0.3, -0.25) is 4.79 Å². The lowest BCUT2D eigenvalue weighted by Gasteiger charge is -2.62. The summed E-state index contributed by atoms with van der Waals surface area (Å²) in [4.78, 5) is 11.0. The molecule has 3 nitrogen and oxygen atoms in total. The fraction of sp³-hybridized carbons (Fsp3) is 0.958.